The highest BCUT2D eigenvalue weighted by atomic mass is 35.5. The first-order valence-corrected chi connectivity index (χ1v) is 14.5. The van der Waals surface area contributed by atoms with Crippen molar-refractivity contribution in [1.29, 1.82) is 10.5 Å². The molecule has 224 valence electrons. The van der Waals surface area contributed by atoms with Crippen molar-refractivity contribution < 1.29 is 9.59 Å². The third-order valence-electron chi connectivity index (χ3n) is 6.87. The molecular weight excluding hydrogens is 586 g/mol. The van der Waals surface area contributed by atoms with Crippen LogP contribution in [0.3, 0.4) is 0 Å². The van der Waals surface area contributed by atoms with Crippen molar-refractivity contribution in [3.63, 3.8) is 0 Å². The van der Waals surface area contributed by atoms with E-state index in [1.807, 2.05) is 55.1 Å². The molecule has 0 bridgehead atoms. The van der Waals surface area contributed by atoms with Gasteiger partial charge in [-0.15, -0.1) is 15.3 Å². The summed E-state index contributed by atoms with van der Waals surface area (Å²) >= 11 is 6.22. The summed E-state index contributed by atoms with van der Waals surface area (Å²) in [5.41, 5.74) is 7.09. The van der Waals surface area contributed by atoms with Crippen molar-refractivity contribution in [2.75, 3.05) is 18.0 Å². The molecule has 0 saturated heterocycles. The first-order chi connectivity index (χ1) is 21.8. The van der Waals surface area contributed by atoms with E-state index in [0.29, 0.717) is 42.7 Å². The van der Waals surface area contributed by atoms with Crippen molar-refractivity contribution in [3.8, 4) is 12.1 Å². The summed E-state index contributed by atoms with van der Waals surface area (Å²) in [7, 11) is 0. The molecule has 10 heteroatoms. The van der Waals surface area contributed by atoms with E-state index in [1.165, 1.54) is 12.1 Å². The van der Waals surface area contributed by atoms with Gasteiger partial charge in [0.15, 0.2) is 5.78 Å². The number of carbonyl (C=O) groups excluding carboxylic acids is 2. The minimum Gasteiger partial charge on any atom is -0.369 e. The van der Waals surface area contributed by atoms with E-state index in [2.05, 4.69) is 32.9 Å². The topological polar surface area (TPSA) is 134 Å². The van der Waals surface area contributed by atoms with Crippen molar-refractivity contribution >= 4 is 40.5 Å². The van der Waals surface area contributed by atoms with Gasteiger partial charge in [-0.2, -0.15) is 10.5 Å². The lowest BCUT2D eigenvalue weighted by molar-refractivity contribution is 0.0943. The molecule has 4 aromatic rings. The molecule has 45 heavy (non-hydrogen) atoms. The van der Waals surface area contributed by atoms with Gasteiger partial charge < -0.3 is 4.90 Å². The summed E-state index contributed by atoms with van der Waals surface area (Å²) in [4.78, 5) is 28.7. The molecule has 1 N–H and O–H groups in total. The number of amides is 1. The Morgan fingerprint density at radius 1 is 0.822 bits per heavy atom. The minimum absolute atomic E-state index is 0.0626. The summed E-state index contributed by atoms with van der Waals surface area (Å²) in [6.45, 7) is 4.80. The Morgan fingerprint density at radius 3 is 2.13 bits per heavy atom. The second-order valence-electron chi connectivity index (χ2n) is 10.1. The number of halogens is 1. The fourth-order valence-electron chi connectivity index (χ4n) is 4.50. The molecule has 0 aromatic heterocycles. The molecule has 4 rings (SSSR count). The van der Waals surface area contributed by atoms with Crippen molar-refractivity contribution in [1.82, 2.24) is 5.43 Å². The van der Waals surface area contributed by atoms with E-state index in [9.17, 15) is 9.59 Å². The number of hydrazone groups is 1. The van der Waals surface area contributed by atoms with Gasteiger partial charge in [-0.1, -0.05) is 59.6 Å². The lowest BCUT2D eigenvalue weighted by Gasteiger charge is -2.23. The molecule has 0 atom stereocenters. The summed E-state index contributed by atoms with van der Waals surface area (Å²) in [6, 6.07) is 30.5. The number of aryl methyl sites for hydroxylation is 2. The lowest BCUT2D eigenvalue weighted by Crippen LogP contribution is -2.25. The molecule has 0 radical (unpaired) electrons. The predicted octanol–water partition coefficient (Wildman–Crippen LogP) is 7.70. The van der Waals surface area contributed by atoms with E-state index < -0.39 is 5.91 Å². The van der Waals surface area contributed by atoms with Crippen molar-refractivity contribution in [3.05, 3.63) is 129 Å². The molecule has 0 aliphatic heterocycles. The molecule has 0 aliphatic rings. The van der Waals surface area contributed by atoms with Gasteiger partial charge in [-0.3, -0.25) is 9.59 Å². The van der Waals surface area contributed by atoms with E-state index >= 15 is 0 Å². The number of nitrogens with one attached hydrogen (secondary N) is 1. The highest BCUT2D eigenvalue weighted by Gasteiger charge is 2.20. The fraction of sp³-hybridized carbons (Fsp3) is 0.171. The van der Waals surface area contributed by atoms with E-state index in [0.717, 1.165) is 16.8 Å². The molecule has 0 saturated carbocycles. The van der Waals surface area contributed by atoms with E-state index in [-0.39, 0.29) is 27.8 Å². The summed E-state index contributed by atoms with van der Waals surface area (Å²) < 4.78 is 0. The molecule has 0 unspecified atom stereocenters. The number of benzene rings is 4. The van der Waals surface area contributed by atoms with Gasteiger partial charge in [0.1, 0.15) is 0 Å². The van der Waals surface area contributed by atoms with Gasteiger partial charge >= 0.3 is 0 Å². The number of nitrogens with zero attached hydrogens (tertiary/aromatic N) is 6. The Bertz CT molecular complexity index is 1800. The second kappa shape index (κ2) is 15.7. The largest absolute Gasteiger partial charge is 0.369 e. The molecule has 0 fully saturated rings. The Labute approximate surface area is 267 Å². The lowest BCUT2D eigenvalue weighted by atomic mass is 9.98. The van der Waals surface area contributed by atoms with Crippen LogP contribution in [-0.2, 0) is 0 Å². The van der Waals surface area contributed by atoms with Gasteiger partial charge in [-0.25, -0.2) is 5.43 Å². The monoisotopic (exact) mass is 615 g/mol. The third kappa shape index (κ3) is 8.70. The van der Waals surface area contributed by atoms with Crippen molar-refractivity contribution in [2.45, 2.75) is 26.7 Å². The Morgan fingerprint density at radius 2 is 1.49 bits per heavy atom. The van der Waals surface area contributed by atoms with Crippen molar-refractivity contribution in [2.24, 2.45) is 15.3 Å². The van der Waals surface area contributed by atoms with Gasteiger partial charge in [0.2, 0.25) is 5.84 Å². The maximum absolute atomic E-state index is 13.5. The zero-order valence-corrected chi connectivity index (χ0v) is 25.6. The number of amidine groups is 1. The number of azo groups is 1. The Hall–Kier alpha value is -5.64. The van der Waals surface area contributed by atoms with Crippen LogP contribution >= 0.6 is 11.6 Å². The summed E-state index contributed by atoms with van der Waals surface area (Å²) in [5.74, 6) is -0.843. The first-order valence-electron chi connectivity index (χ1n) is 14.2. The minimum atomic E-state index is -0.645. The number of rotatable bonds is 11. The number of anilines is 1. The smallest absolute Gasteiger partial charge is 0.272 e. The molecule has 0 aliphatic carbocycles. The van der Waals surface area contributed by atoms with Crippen LogP contribution in [-0.4, -0.2) is 30.6 Å². The first kappa shape index (κ1) is 32.3. The second-order valence-corrected chi connectivity index (χ2v) is 10.5. The van der Waals surface area contributed by atoms with Gasteiger partial charge in [0.25, 0.3) is 5.91 Å². The fourth-order valence-corrected chi connectivity index (χ4v) is 4.67. The SMILES string of the molecule is Cc1ccc(N=NC(=NNC(=O)c2cc(Cl)ccc2C(=O)c2ccccc2)c2ccc(N(CCC#N)CCC#N)cc2C)cc1. The van der Waals surface area contributed by atoms with Crippen LogP contribution in [0.15, 0.2) is 106 Å². The predicted molar refractivity (Wildman–Crippen MR) is 175 cm³/mol. The molecule has 0 heterocycles. The van der Waals surface area contributed by atoms with E-state index in [1.54, 1.807) is 42.5 Å². The molecule has 4 aromatic carbocycles. The van der Waals surface area contributed by atoms with Crippen LogP contribution < -0.4 is 10.3 Å². The maximum Gasteiger partial charge on any atom is 0.272 e. The number of ketones is 1. The highest BCUT2D eigenvalue weighted by Crippen LogP contribution is 2.23. The zero-order chi connectivity index (χ0) is 32.2. The normalized spacial score (nSPS) is 11.1. The Kier molecular flexibility index (Phi) is 11.3. The molecular formula is C35H30ClN7O2. The maximum atomic E-state index is 13.5. The molecule has 1 amide bonds. The average Bonchev–Trinajstić information content (AvgIpc) is 3.06. The van der Waals surface area contributed by atoms with Crippen LogP contribution in [0.1, 0.15) is 55.8 Å². The van der Waals surface area contributed by atoms with Crippen LogP contribution in [0.5, 0.6) is 0 Å². The summed E-state index contributed by atoms with van der Waals surface area (Å²) in [5, 5.41) is 31.5. The highest BCUT2D eigenvalue weighted by molar-refractivity contribution is 6.31. The Balaban J connectivity index is 1.70. The average molecular weight is 616 g/mol. The number of hydrogen-bond acceptors (Lipinski definition) is 7. The van der Waals surface area contributed by atoms with Gasteiger partial charge in [-0.05, 0) is 67.9 Å². The molecule has 0 spiro atoms. The van der Waals surface area contributed by atoms with Gasteiger partial charge in [0, 0.05) is 40.5 Å². The third-order valence-corrected chi connectivity index (χ3v) is 7.10. The number of hydrogen-bond donors (Lipinski definition) is 1. The zero-order valence-electron chi connectivity index (χ0n) is 24.9. The van der Waals surface area contributed by atoms with Crippen LogP contribution in [0.4, 0.5) is 11.4 Å². The van der Waals surface area contributed by atoms with E-state index in [4.69, 9.17) is 22.1 Å². The van der Waals surface area contributed by atoms with Gasteiger partial charge in [0.05, 0.1) is 36.2 Å². The quantitative estimate of drug-likeness (QED) is 0.0606. The van der Waals surface area contributed by atoms with Crippen LogP contribution in [0, 0.1) is 36.5 Å². The van der Waals surface area contributed by atoms with Crippen LogP contribution in [0.2, 0.25) is 5.02 Å². The summed E-state index contributed by atoms with van der Waals surface area (Å²) in [6.07, 6.45) is 0.627. The standard InChI is InChI=1S/C35H30ClN7O2/c1-24-10-13-28(14-11-24)39-40-34(30-17-15-29(22-25(30)2)43(20-6-18-37)21-7-19-38)41-42-35(45)32-23-27(36)12-16-31(32)33(44)26-8-4-3-5-9-26/h3-5,8-17,22-23H,6-7,20-21H2,1-2H3,(H,42,45). The molecule has 9 nitrogen and oxygen atoms in total. The number of carbonyl (C=O) groups is 2. The van der Waals surface area contributed by atoms with Crippen LogP contribution in [0.25, 0.3) is 0 Å². The number of nitriles is 2.